The summed E-state index contributed by atoms with van der Waals surface area (Å²) in [5.74, 6) is -0.493. The predicted molar refractivity (Wildman–Crippen MR) is 97.1 cm³/mol. The molecule has 1 aromatic carbocycles. The van der Waals surface area contributed by atoms with Crippen LogP contribution in [0.5, 0.6) is 0 Å². The van der Waals surface area contributed by atoms with E-state index in [1.807, 2.05) is 12.1 Å². The van der Waals surface area contributed by atoms with Gasteiger partial charge in [0.1, 0.15) is 11.5 Å². The third-order valence-electron chi connectivity index (χ3n) is 4.77. The van der Waals surface area contributed by atoms with Gasteiger partial charge < -0.3 is 10.2 Å². The minimum Gasteiger partial charge on any atom is -0.368 e. The standard InChI is InChI=1S/C20H24FN3O/c1-2-17-5-3-4-12-24(17)18-10-11-22-19(13-18)20(25)23-14-15-6-8-16(21)9-7-15/h6-11,13,17H,2-5,12,14H2,1H3,(H,23,25). The van der Waals surface area contributed by atoms with Gasteiger partial charge in [-0.15, -0.1) is 0 Å². The Kier molecular flexibility index (Phi) is 5.64. The number of nitrogens with zero attached hydrogens (tertiary/aromatic N) is 2. The lowest BCUT2D eigenvalue weighted by atomic mass is 9.99. The smallest absolute Gasteiger partial charge is 0.270 e. The quantitative estimate of drug-likeness (QED) is 0.896. The fraction of sp³-hybridized carbons (Fsp3) is 0.400. The molecular formula is C20H24FN3O. The van der Waals surface area contributed by atoms with Crippen molar-refractivity contribution in [2.75, 3.05) is 11.4 Å². The van der Waals surface area contributed by atoms with Gasteiger partial charge in [0, 0.05) is 31.0 Å². The number of carbonyl (C=O) groups excluding carboxylic acids is 1. The molecule has 1 atom stereocenters. The summed E-state index contributed by atoms with van der Waals surface area (Å²) in [6.07, 6.45) is 6.46. The number of halogens is 1. The van der Waals surface area contributed by atoms with Crippen molar-refractivity contribution in [1.82, 2.24) is 10.3 Å². The van der Waals surface area contributed by atoms with E-state index in [-0.39, 0.29) is 11.7 Å². The van der Waals surface area contributed by atoms with Crippen LogP contribution in [0.1, 0.15) is 48.7 Å². The zero-order valence-corrected chi connectivity index (χ0v) is 14.5. The maximum absolute atomic E-state index is 12.9. The molecule has 132 valence electrons. The summed E-state index contributed by atoms with van der Waals surface area (Å²) in [6, 6.07) is 10.5. The van der Waals surface area contributed by atoms with Crippen LogP contribution in [0.15, 0.2) is 42.6 Å². The number of hydrogen-bond acceptors (Lipinski definition) is 3. The highest BCUT2D eigenvalue weighted by atomic mass is 19.1. The summed E-state index contributed by atoms with van der Waals surface area (Å²) in [4.78, 5) is 19.0. The molecule has 0 bridgehead atoms. The van der Waals surface area contributed by atoms with Gasteiger partial charge in [-0.2, -0.15) is 0 Å². The van der Waals surface area contributed by atoms with E-state index in [2.05, 4.69) is 22.1 Å². The molecule has 2 aromatic rings. The minimum absolute atomic E-state index is 0.212. The highest BCUT2D eigenvalue weighted by Crippen LogP contribution is 2.26. The Morgan fingerprint density at radius 3 is 2.84 bits per heavy atom. The molecule has 1 amide bonds. The molecule has 0 spiro atoms. The maximum Gasteiger partial charge on any atom is 0.270 e. The zero-order chi connectivity index (χ0) is 17.6. The van der Waals surface area contributed by atoms with E-state index in [0.29, 0.717) is 18.3 Å². The average Bonchev–Trinajstić information content (AvgIpc) is 2.67. The summed E-state index contributed by atoms with van der Waals surface area (Å²) in [7, 11) is 0. The predicted octanol–water partition coefficient (Wildman–Crippen LogP) is 3.92. The molecule has 0 radical (unpaired) electrons. The first kappa shape index (κ1) is 17.4. The largest absolute Gasteiger partial charge is 0.368 e. The number of amides is 1. The van der Waals surface area contributed by atoms with Crippen LogP contribution in [0.3, 0.4) is 0 Å². The van der Waals surface area contributed by atoms with Crippen LogP contribution in [-0.2, 0) is 6.54 Å². The summed E-state index contributed by atoms with van der Waals surface area (Å²) in [5.41, 5.74) is 2.33. The Hall–Kier alpha value is -2.43. The van der Waals surface area contributed by atoms with Crippen LogP contribution >= 0.6 is 0 Å². The summed E-state index contributed by atoms with van der Waals surface area (Å²) in [5, 5.41) is 2.85. The van der Waals surface area contributed by atoms with Crippen molar-refractivity contribution in [3.63, 3.8) is 0 Å². The molecule has 1 unspecified atom stereocenters. The molecule has 3 rings (SSSR count). The average molecular weight is 341 g/mol. The third-order valence-corrected chi connectivity index (χ3v) is 4.77. The first-order valence-corrected chi connectivity index (χ1v) is 8.92. The monoisotopic (exact) mass is 341 g/mol. The van der Waals surface area contributed by atoms with Crippen LogP contribution in [0.4, 0.5) is 10.1 Å². The molecule has 2 heterocycles. The van der Waals surface area contributed by atoms with Crippen molar-refractivity contribution < 1.29 is 9.18 Å². The van der Waals surface area contributed by atoms with Gasteiger partial charge in [0.15, 0.2) is 0 Å². The van der Waals surface area contributed by atoms with Gasteiger partial charge in [-0.3, -0.25) is 9.78 Å². The number of nitrogens with one attached hydrogen (secondary N) is 1. The Balaban J connectivity index is 1.67. The summed E-state index contributed by atoms with van der Waals surface area (Å²) in [6.45, 7) is 3.59. The number of benzene rings is 1. The van der Waals surface area contributed by atoms with E-state index in [0.717, 1.165) is 24.2 Å². The molecular weight excluding hydrogens is 317 g/mol. The number of hydrogen-bond donors (Lipinski definition) is 1. The van der Waals surface area contributed by atoms with E-state index in [1.54, 1.807) is 18.3 Å². The van der Waals surface area contributed by atoms with Crippen LogP contribution in [-0.4, -0.2) is 23.5 Å². The third kappa shape index (κ3) is 4.35. The second kappa shape index (κ2) is 8.10. The molecule has 4 nitrogen and oxygen atoms in total. The van der Waals surface area contributed by atoms with Gasteiger partial charge in [-0.05, 0) is 55.5 Å². The van der Waals surface area contributed by atoms with Crippen molar-refractivity contribution in [3.8, 4) is 0 Å². The molecule has 1 aromatic heterocycles. The van der Waals surface area contributed by atoms with E-state index in [1.165, 1.54) is 31.4 Å². The van der Waals surface area contributed by atoms with E-state index in [4.69, 9.17) is 0 Å². The first-order chi connectivity index (χ1) is 12.2. The highest BCUT2D eigenvalue weighted by molar-refractivity contribution is 5.93. The van der Waals surface area contributed by atoms with Crippen LogP contribution in [0, 0.1) is 5.82 Å². The SMILES string of the molecule is CCC1CCCCN1c1ccnc(C(=O)NCc2ccc(F)cc2)c1. The first-order valence-electron chi connectivity index (χ1n) is 8.92. The maximum atomic E-state index is 12.9. The van der Waals surface area contributed by atoms with Crippen molar-refractivity contribution in [2.24, 2.45) is 0 Å². The molecule has 5 heteroatoms. The molecule has 0 saturated carbocycles. The molecule has 0 aliphatic carbocycles. The lowest BCUT2D eigenvalue weighted by Gasteiger charge is -2.37. The van der Waals surface area contributed by atoms with Gasteiger partial charge >= 0.3 is 0 Å². The second-order valence-corrected chi connectivity index (χ2v) is 6.46. The number of anilines is 1. The van der Waals surface area contributed by atoms with Gasteiger partial charge in [0.25, 0.3) is 5.91 Å². The lowest BCUT2D eigenvalue weighted by Crippen LogP contribution is -2.39. The van der Waals surface area contributed by atoms with Crippen molar-refractivity contribution in [3.05, 3.63) is 59.7 Å². The molecule has 1 aliphatic heterocycles. The fourth-order valence-electron chi connectivity index (χ4n) is 3.36. The van der Waals surface area contributed by atoms with Crippen LogP contribution < -0.4 is 10.2 Å². The Morgan fingerprint density at radius 2 is 2.08 bits per heavy atom. The van der Waals surface area contributed by atoms with Crippen molar-refractivity contribution in [2.45, 2.75) is 45.2 Å². The molecule has 1 aliphatic rings. The van der Waals surface area contributed by atoms with Crippen molar-refractivity contribution in [1.29, 1.82) is 0 Å². The van der Waals surface area contributed by atoms with Crippen LogP contribution in [0.2, 0.25) is 0 Å². The van der Waals surface area contributed by atoms with Gasteiger partial charge in [-0.1, -0.05) is 19.1 Å². The van der Waals surface area contributed by atoms with Gasteiger partial charge in [0.05, 0.1) is 0 Å². The van der Waals surface area contributed by atoms with Crippen LogP contribution in [0.25, 0.3) is 0 Å². The molecule has 1 fully saturated rings. The minimum atomic E-state index is -0.281. The fourth-order valence-corrected chi connectivity index (χ4v) is 3.36. The Bertz CT molecular complexity index is 717. The number of aromatic nitrogens is 1. The summed E-state index contributed by atoms with van der Waals surface area (Å²) < 4.78 is 12.9. The topological polar surface area (TPSA) is 45.2 Å². The molecule has 1 saturated heterocycles. The number of carbonyl (C=O) groups is 1. The number of rotatable bonds is 5. The van der Waals surface area contributed by atoms with Crippen molar-refractivity contribution >= 4 is 11.6 Å². The summed E-state index contributed by atoms with van der Waals surface area (Å²) >= 11 is 0. The molecule has 1 N–H and O–H groups in total. The Morgan fingerprint density at radius 1 is 1.28 bits per heavy atom. The van der Waals surface area contributed by atoms with E-state index in [9.17, 15) is 9.18 Å². The van der Waals surface area contributed by atoms with E-state index < -0.39 is 0 Å². The molecule has 25 heavy (non-hydrogen) atoms. The zero-order valence-electron chi connectivity index (χ0n) is 14.5. The Labute approximate surface area is 148 Å². The number of piperidine rings is 1. The van der Waals surface area contributed by atoms with E-state index >= 15 is 0 Å². The second-order valence-electron chi connectivity index (χ2n) is 6.46. The highest BCUT2D eigenvalue weighted by Gasteiger charge is 2.22. The normalized spacial score (nSPS) is 17.4. The van der Waals surface area contributed by atoms with Gasteiger partial charge in [-0.25, -0.2) is 4.39 Å². The van der Waals surface area contributed by atoms with Gasteiger partial charge in [0.2, 0.25) is 0 Å². The number of pyridine rings is 1. The lowest BCUT2D eigenvalue weighted by molar-refractivity contribution is 0.0946.